The van der Waals surface area contributed by atoms with Crippen molar-refractivity contribution < 1.29 is 23.0 Å². The third-order valence-corrected chi connectivity index (χ3v) is 4.39. The Morgan fingerprint density at radius 3 is 2.50 bits per heavy atom. The Morgan fingerprint density at radius 1 is 1.23 bits per heavy atom. The van der Waals surface area contributed by atoms with Crippen LogP contribution in [0.1, 0.15) is 56.1 Å². The van der Waals surface area contributed by atoms with E-state index < -0.39 is 18.0 Å². The summed E-state index contributed by atoms with van der Waals surface area (Å²) in [4.78, 5) is 0. The van der Waals surface area contributed by atoms with Crippen LogP contribution in [-0.2, 0) is 10.9 Å². The molecule has 124 valence electrons. The minimum Gasteiger partial charge on any atom is -0.368 e. The van der Waals surface area contributed by atoms with Crippen molar-refractivity contribution in [1.29, 1.82) is 0 Å². The summed E-state index contributed by atoms with van der Waals surface area (Å²) in [5.41, 5.74) is 0.360. The molecular formula is C17H23F3O2. The van der Waals surface area contributed by atoms with Crippen molar-refractivity contribution in [2.45, 2.75) is 57.4 Å². The number of aliphatic hydroxyl groups is 1. The number of ether oxygens (including phenoxy) is 1. The zero-order valence-corrected chi connectivity index (χ0v) is 12.8. The second kappa shape index (κ2) is 7.47. The summed E-state index contributed by atoms with van der Waals surface area (Å²) in [5.74, 6) is 0.637. The van der Waals surface area contributed by atoms with E-state index in [1.807, 2.05) is 6.92 Å². The van der Waals surface area contributed by atoms with Gasteiger partial charge in [0.1, 0.15) is 0 Å². The molecule has 1 aliphatic rings. The molecule has 2 rings (SSSR count). The summed E-state index contributed by atoms with van der Waals surface area (Å²) in [6, 6.07) is 5.51. The average Bonchev–Trinajstić information content (AvgIpc) is 2.47. The molecule has 0 amide bonds. The molecule has 1 saturated carbocycles. The maximum atomic E-state index is 12.6. The second-order valence-electron chi connectivity index (χ2n) is 6.00. The van der Waals surface area contributed by atoms with E-state index >= 15 is 0 Å². The molecule has 0 aliphatic heterocycles. The Morgan fingerprint density at radius 2 is 1.91 bits per heavy atom. The molecule has 1 unspecified atom stereocenters. The molecule has 0 radical (unpaired) electrons. The van der Waals surface area contributed by atoms with Gasteiger partial charge in [0.2, 0.25) is 0 Å². The number of rotatable bonds is 5. The van der Waals surface area contributed by atoms with Gasteiger partial charge >= 0.3 is 6.18 Å². The monoisotopic (exact) mass is 316 g/mol. The van der Waals surface area contributed by atoms with E-state index in [2.05, 4.69) is 0 Å². The predicted molar refractivity (Wildman–Crippen MR) is 78.4 cm³/mol. The van der Waals surface area contributed by atoms with Gasteiger partial charge in [-0.25, -0.2) is 0 Å². The molecule has 2 nitrogen and oxygen atoms in total. The molecule has 0 saturated heterocycles. The highest BCUT2D eigenvalue weighted by Crippen LogP contribution is 2.39. The van der Waals surface area contributed by atoms with Crippen LogP contribution in [0, 0.1) is 5.92 Å². The summed E-state index contributed by atoms with van der Waals surface area (Å²) in [5, 5.41) is 9.74. The van der Waals surface area contributed by atoms with Crippen LogP contribution in [0.2, 0.25) is 0 Å². The topological polar surface area (TPSA) is 29.5 Å². The van der Waals surface area contributed by atoms with Crippen LogP contribution >= 0.6 is 0 Å². The second-order valence-corrected chi connectivity index (χ2v) is 6.00. The van der Waals surface area contributed by atoms with Crippen molar-refractivity contribution in [3.63, 3.8) is 0 Å². The Bertz CT molecular complexity index is 456. The van der Waals surface area contributed by atoms with Crippen molar-refractivity contribution in [3.05, 3.63) is 35.4 Å². The fraction of sp³-hybridized carbons (Fsp3) is 0.647. The van der Waals surface area contributed by atoms with Crippen LogP contribution in [-0.4, -0.2) is 18.0 Å². The molecule has 1 fully saturated rings. The van der Waals surface area contributed by atoms with E-state index in [4.69, 9.17) is 4.74 Å². The quantitative estimate of drug-likeness (QED) is 0.796. The highest BCUT2D eigenvalue weighted by atomic mass is 19.4. The third kappa shape index (κ3) is 4.71. The van der Waals surface area contributed by atoms with Crippen molar-refractivity contribution in [2.24, 2.45) is 5.92 Å². The lowest BCUT2D eigenvalue weighted by Crippen LogP contribution is -2.21. The molecule has 1 N–H and O–H groups in total. The van der Waals surface area contributed by atoms with Crippen LogP contribution in [0.15, 0.2) is 24.3 Å². The van der Waals surface area contributed by atoms with Crippen LogP contribution < -0.4 is 0 Å². The van der Waals surface area contributed by atoms with E-state index in [9.17, 15) is 18.3 Å². The molecule has 3 atom stereocenters. The summed E-state index contributed by atoms with van der Waals surface area (Å²) in [7, 11) is 0. The number of benzene rings is 1. The molecule has 0 spiro atoms. The van der Waals surface area contributed by atoms with Gasteiger partial charge in [-0.05, 0) is 49.3 Å². The molecule has 0 bridgehead atoms. The Kier molecular flexibility index (Phi) is 5.87. The number of aliphatic hydroxyl groups excluding tert-OH is 1. The van der Waals surface area contributed by atoms with Gasteiger partial charge in [0.25, 0.3) is 0 Å². The zero-order valence-electron chi connectivity index (χ0n) is 12.8. The first-order chi connectivity index (χ1) is 10.4. The van der Waals surface area contributed by atoms with Gasteiger partial charge in [-0.2, -0.15) is 13.2 Å². The highest BCUT2D eigenvalue weighted by molar-refractivity contribution is 5.27. The van der Waals surface area contributed by atoms with E-state index in [1.54, 1.807) is 12.1 Å². The van der Waals surface area contributed by atoms with Gasteiger partial charge in [-0.15, -0.1) is 0 Å². The maximum absolute atomic E-state index is 12.6. The van der Waals surface area contributed by atoms with E-state index in [0.717, 1.165) is 43.4 Å². The first kappa shape index (κ1) is 17.3. The minimum atomic E-state index is -4.28. The average molecular weight is 316 g/mol. The smallest absolute Gasteiger partial charge is 0.368 e. The van der Waals surface area contributed by atoms with Crippen LogP contribution in [0.25, 0.3) is 0 Å². The van der Waals surface area contributed by atoms with Crippen molar-refractivity contribution in [1.82, 2.24) is 0 Å². The molecule has 1 aromatic rings. The van der Waals surface area contributed by atoms with Crippen molar-refractivity contribution in [2.75, 3.05) is 6.61 Å². The number of hydrogen-bond donors (Lipinski definition) is 1. The van der Waals surface area contributed by atoms with E-state index in [0.29, 0.717) is 18.9 Å². The SMILES string of the molecule is CCOC(O)C[C@@H]1CCC[C@H](c2ccc(C(F)(F)F)cc2)C1. The lowest BCUT2D eigenvalue weighted by Gasteiger charge is -2.30. The Hall–Kier alpha value is -1.07. The number of hydrogen-bond acceptors (Lipinski definition) is 2. The summed E-state index contributed by atoms with van der Waals surface area (Å²) >= 11 is 0. The van der Waals surface area contributed by atoms with Crippen LogP contribution in [0.3, 0.4) is 0 Å². The molecule has 22 heavy (non-hydrogen) atoms. The fourth-order valence-corrected chi connectivity index (χ4v) is 3.30. The number of alkyl halides is 3. The van der Waals surface area contributed by atoms with Gasteiger partial charge in [0, 0.05) is 13.0 Å². The van der Waals surface area contributed by atoms with Crippen molar-refractivity contribution >= 4 is 0 Å². The maximum Gasteiger partial charge on any atom is 0.416 e. The first-order valence-electron chi connectivity index (χ1n) is 7.87. The molecule has 1 aromatic carbocycles. The summed E-state index contributed by atoms with van der Waals surface area (Å²) in [6.45, 7) is 2.32. The molecule has 0 heterocycles. The number of halogens is 3. The Balaban J connectivity index is 1.97. The largest absolute Gasteiger partial charge is 0.416 e. The lowest BCUT2D eigenvalue weighted by atomic mass is 9.76. The summed E-state index contributed by atoms with van der Waals surface area (Å²) < 4.78 is 43.0. The van der Waals surface area contributed by atoms with Gasteiger partial charge in [0.05, 0.1) is 5.56 Å². The minimum absolute atomic E-state index is 0.273. The van der Waals surface area contributed by atoms with Gasteiger partial charge < -0.3 is 9.84 Å². The highest BCUT2D eigenvalue weighted by Gasteiger charge is 2.31. The molecule has 5 heteroatoms. The summed E-state index contributed by atoms with van der Waals surface area (Å²) in [6.07, 6.45) is -0.444. The van der Waals surface area contributed by atoms with Crippen LogP contribution in [0.4, 0.5) is 13.2 Å². The Labute approximate surface area is 129 Å². The van der Waals surface area contributed by atoms with Gasteiger partial charge in [-0.1, -0.05) is 25.0 Å². The third-order valence-electron chi connectivity index (χ3n) is 4.39. The molecule has 0 aromatic heterocycles. The van der Waals surface area contributed by atoms with Crippen LogP contribution in [0.5, 0.6) is 0 Å². The normalized spacial score (nSPS) is 24.2. The van der Waals surface area contributed by atoms with Gasteiger partial charge in [0.15, 0.2) is 6.29 Å². The molecular weight excluding hydrogens is 293 g/mol. The molecule has 1 aliphatic carbocycles. The zero-order chi connectivity index (χ0) is 16.2. The standard InChI is InChI=1S/C17H23F3O2/c1-2-22-16(21)11-12-4-3-5-14(10-12)13-6-8-15(9-7-13)17(18,19)20/h6-9,12,14,16,21H,2-5,10-11H2,1H3/t12-,14+,16?/m1/s1. The van der Waals surface area contributed by atoms with E-state index in [1.165, 1.54) is 0 Å². The van der Waals surface area contributed by atoms with Crippen molar-refractivity contribution in [3.8, 4) is 0 Å². The first-order valence-corrected chi connectivity index (χ1v) is 7.87. The lowest BCUT2D eigenvalue weighted by molar-refractivity contribution is -0.137. The van der Waals surface area contributed by atoms with Gasteiger partial charge in [-0.3, -0.25) is 0 Å². The fourth-order valence-electron chi connectivity index (χ4n) is 3.30. The van der Waals surface area contributed by atoms with E-state index in [-0.39, 0.29) is 5.92 Å². The predicted octanol–water partition coefficient (Wildman–Crippen LogP) is 4.72.